The van der Waals surface area contributed by atoms with Crippen molar-refractivity contribution in [3.05, 3.63) is 89.2 Å². The van der Waals surface area contributed by atoms with Crippen molar-refractivity contribution >= 4 is 11.7 Å². The number of anilines is 1. The van der Waals surface area contributed by atoms with Crippen molar-refractivity contribution in [1.29, 1.82) is 5.26 Å². The maximum Gasteiger partial charge on any atom is 0.416 e. The zero-order chi connectivity index (χ0) is 24.6. The van der Waals surface area contributed by atoms with Gasteiger partial charge in [0.05, 0.1) is 23.7 Å². The van der Waals surface area contributed by atoms with Gasteiger partial charge in [-0.25, -0.2) is 4.79 Å². The molecule has 0 saturated heterocycles. The number of halogens is 3. The van der Waals surface area contributed by atoms with Gasteiger partial charge in [-0.2, -0.15) is 18.4 Å². The molecule has 0 saturated carbocycles. The Bertz CT molecular complexity index is 1130. The highest BCUT2D eigenvalue weighted by molar-refractivity contribution is 5.89. The number of nitrogens with one attached hydrogen (secondary N) is 1. The van der Waals surface area contributed by atoms with Crippen molar-refractivity contribution < 1.29 is 22.7 Å². The lowest BCUT2D eigenvalue weighted by Gasteiger charge is -2.24. The van der Waals surface area contributed by atoms with Crippen molar-refractivity contribution in [3.63, 3.8) is 0 Å². The molecule has 0 atom stereocenters. The van der Waals surface area contributed by atoms with Gasteiger partial charge in [-0.3, -0.25) is 0 Å². The number of hydrogen-bond donors (Lipinski definition) is 1. The molecule has 1 aromatic heterocycles. The van der Waals surface area contributed by atoms with Crippen molar-refractivity contribution in [2.75, 3.05) is 25.6 Å². The Balaban J connectivity index is 1.75. The Morgan fingerprint density at radius 1 is 1.15 bits per heavy atom. The van der Waals surface area contributed by atoms with Crippen LogP contribution in [0.5, 0.6) is 0 Å². The van der Waals surface area contributed by atoms with Crippen LogP contribution in [0, 0.1) is 11.3 Å². The van der Waals surface area contributed by atoms with Gasteiger partial charge in [-0.15, -0.1) is 0 Å². The van der Waals surface area contributed by atoms with E-state index in [1.165, 1.54) is 6.07 Å². The number of nitrogens with zero attached hydrogens (tertiary/aromatic N) is 3. The number of ether oxygens (including phenoxy) is 1. The number of nitriles is 1. The largest absolute Gasteiger partial charge is 0.416 e. The fourth-order valence-electron chi connectivity index (χ4n) is 3.47. The molecular weight excluding hydrogens is 445 g/mol. The fourth-order valence-corrected chi connectivity index (χ4v) is 3.47. The summed E-state index contributed by atoms with van der Waals surface area (Å²) < 4.78 is 46.1. The monoisotopic (exact) mass is 470 g/mol. The molecule has 6 nitrogen and oxygen atoms in total. The predicted molar refractivity (Wildman–Crippen MR) is 122 cm³/mol. The number of rotatable bonds is 9. The Morgan fingerprint density at radius 2 is 1.91 bits per heavy atom. The summed E-state index contributed by atoms with van der Waals surface area (Å²) in [6, 6.07) is 17.1. The van der Waals surface area contributed by atoms with E-state index in [2.05, 4.69) is 5.32 Å². The van der Waals surface area contributed by atoms with E-state index >= 15 is 0 Å². The smallest absolute Gasteiger partial charge is 0.385 e. The minimum atomic E-state index is -4.41. The third-order valence-corrected chi connectivity index (χ3v) is 5.21. The van der Waals surface area contributed by atoms with E-state index in [9.17, 15) is 18.0 Å². The zero-order valence-electron chi connectivity index (χ0n) is 18.7. The number of carbonyl (C=O) groups is 1. The Kier molecular flexibility index (Phi) is 8.33. The van der Waals surface area contributed by atoms with Gasteiger partial charge in [0.15, 0.2) is 0 Å². The zero-order valence-corrected chi connectivity index (χ0v) is 18.7. The van der Waals surface area contributed by atoms with Crippen LogP contribution < -0.4 is 5.32 Å². The lowest BCUT2D eigenvalue weighted by atomic mass is 10.1. The summed E-state index contributed by atoms with van der Waals surface area (Å²) in [6.45, 7) is 1.41. The van der Waals surface area contributed by atoms with Crippen LogP contribution in [0.1, 0.15) is 28.8 Å². The molecule has 1 N–H and O–H groups in total. The van der Waals surface area contributed by atoms with Crippen LogP contribution in [0.3, 0.4) is 0 Å². The molecule has 34 heavy (non-hydrogen) atoms. The highest BCUT2D eigenvalue weighted by atomic mass is 19.4. The average Bonchev–Trinajstić information content (AvgIpc) is 3.25. The topological polar surface area (TPSA) is 70.3 Å². The first kappa shape index (κ1) is 24.9. The van der Waals surface area contributed by atoms with E-state index in [1.807, 2.05) is 16.7 Å². The highest BCUT2D eigenvalue weighted by Crippen LogP contribution is 2.29. The third kappa shape index (κ3) is 6.86. The van der Waals surface area contributed by atoms with Crippen molar-refractivity contribution in [1.82, 2.24) is 9.47 Å². The normalized spacial score (nSPS) is 11.1. The van der Waals surface area contributed by atoms with E-state index in [0.29, 0.717) is 36.4 Å². The Labute approximate surface area is 196 Å². The number of carbonyl (C=O) groups excluding carboxylic acids is 1. The molecule has 3 rings (SSSR count). The maximum atomic E-state index is 13.1. The van der Waals surface area contributed by atoms with Crippen LogP contribution in [-0.4, -0.2) is 35.8 Å². The molecule has 0 aliphatic carbocycles. The van der Waals surface area contributed by atoms with Gasteiger partial charge in [0.1, 0.15) is 0 Å². The highest BCUT2D eigenvalue weighted by Gasteiger charge is 2.30. The minimum Gasteiger partial charge on any atom is -0.385 e. The van der Waals surface area contributed by atoms with Crippen LogP contribution in [0.15, 0.2) is 66.9 Å². The van der Waals surface area contributed by atoms with Crippen molar-refractivity contribution in [2.24, 2.45) is 0 Å². The summed E-state index contributed by atoms with van der Waals surface area (Å²) in [7, 11) is 1.58. The first-order chi connectivity index (χ1) is 16.3. The van der Waals surface area contributed by atoms with Gasteiger partial charge < -0.3 is 19.5 Å². The van der Waals surface area contributed by atoms with Crippen LogP contribution in [0.25, 0.3) is 0 Å². The van der Waals surface area contributed by atoms with Gasteiger partial charge in [-0.05, 0) is 60.5 Å². The minimum absolute atomic E-state index is 0.245. The lowest BCUT2D eigenvalue weighted by Crippen LogP contribution is -2.36. The molecule has 1 heterocycles. The number of aromatic nitrogens is 1. The third-order valence-electron chi connectivity index (χ3n) is 5.21. The van der Waals surface area contributed by atoms with Crippen molar-refractivity contribution in [2.45, 2.75) is 25.7 Å². The molecular formula is C25H25F3N4O2. The molecule has 0 spiro atoms. The Morgan fingerprint density at radius 3 is 2.59 bits per heavy atom. The number of methoxy groups -OCH3 is 1. The molecule has 0 radical (unpaired) electrons. The number of benzene rings is 2. The van der Waals surface area contributed by atoms with E-state index < -0.39 is 11.7 Å². The van der Waals surface area contributed by atoms with Gasteiger partial charge >= 0.3 is 12.2 Å². The van der Waals surface area contributed by atoms with Crippen molar-refractivity contribution in [3.8, 4) is 6.07 Å². The van der Waals surface area contributed by atoms with Gasteiger partial charge in [0.2, 0.25) is 0 Å². The van der Waals surface area contributed by atoms with E-state index in [0.717, 1.165) is 17.8 Å². The second-order valence-corrected chi connectivity index (χ2v) is 7.71. The first-order valence-electron chi connectivity index (χ1n) is 10.7. The molecule has 9 heteroatoms. The number of hydrogen-bond acceptors (Lipinski definition) is 3. The van der Waals surface area contributed by atoms with Crippen LogP contribution in [0.2, 0.25) is 0 Å². The molecule has 0 bridgehead atoms. The first-order valence-corrected chi connectivity index (χ1v) is 10.7. The summed E-state index contributed by atoms with van der Waals surface area (Å²) >= 11 is 0. The summed E-state index contributed by atoms with van der Waals surface area (Å²) in [5.74, 6) is 0. The SMILES string of the molecule is COCCCN(Cc1cccn1Cc1cccc(C(F)(F)F)c1)C(=O)Nc1ccc(C#N)cc1. The summed E-state index contributed by atoms with van der Waals surface area (Å²) in [5, 5.41) is 11.8. The number of amides is 2. The van der Waals surface area contributed by atoms with Gasteiger partial charge in [0.25, 0.3) is 0 Å². The Hall–Kier alpha value is -3.77. The van der Waals surface area contributed by atoms with Crippen LogP contribution >= 0.6 is 0 Å². The second-order valence-electron chi connectivity index (χ2n) is 7.71. The van der Waals surface area contributed by atoms with E-state index in [-0.39, 0.29) is 19.1 Å². The predicted octanol–water partition coefficient (Wildman–Crippen LogP) is 5.50. The van der Waals surface area contributed by atoms with E-state index in [4.69, 9.17) is 10.00 Å². The maximum absolute atomic E-state index is 13.1. The molecule has 0 aliphatic rings. The quantitative estimate of drug-likeness (QED) is 0.420. The lowest BCUT2D eigenvalue weighted by molar-refractivity contribution is -0.137. The molecule has 2 aromatic carbocycles. The summed E-state index contributed by atoms with van der Waals surface area (Å²) in [4.78, 5) is 14.6. The molecule has 0 fully saturated rings. The standard InChI is InChI=1S/C25H25F3N4O2/c1-34-14-4-13-32(24(33)30-22-10-8-19(16-29)9-11-22)18-23-7-3-12-31(23)17-20-5-2-6-21(15-20)25(26,27)28/h2-3,5-12,15H,4,13-14,17-18H2,1H3,(H,30,33). The number of alkyl halides is 3. The van der Waals surface area contributed by atoms with Gasteiger partial charge in [-0.1, -0.05) is 12.1 Å². The van der Waals surface area contributed by atoms with Crippen LogP contribution in [-0.2, 0) is 24.0 Å². The molecule has 178 valence electrons. The number of urea groups is 1. The summed E-state index contributed by atoms with van der Waals surface area (Å²) in [6.07, 6.45) is -2.01. The molecule has 0 aliphatic heterocycles. The molecule has 2 amide bonds. The molecule has 3 aromatic rings. The molecule has 0 unspecified atom stereocenters. The summed E-state index contributed by atoms with van der Waals surface area (Å²) in [5.41, 5.74) is 1.65. The van der Waals surface area contributed by atoms with Gasteiger partial charge in [0, 0.05) is 44.4 Å². The second kappa shape index (κ2) is 11.4. The fraction of sp³-hybridized carbons (Fsp3) is 0.280. The average molecular weight is 470 g/mol. The van der Waals surface area contributed by atoms with E-state index in [1.54, 1.807) is 54.6 Å². The van der Waals surface area contributed by atoms with Crippen LogP contribution in [0.4, 0.5) is 23.7 Å².